The Labute approximate surface area is 96.2 Å². The van der Waals surface area contributed by atoms with Crippen molar-refractivity contribution in [2.24, 2.45) is 5.92 Å². The molecule has 0 aliphatic heterocycles. The molecule has 0 amide bonds. The van der Waals surface area contributed by atoms with Crippen LogP contribution in [0, 0.1) is 5.92 Å². The monoisotopic (exact) mass is 224 g/mol. The number of aromatic nitrogens is 1. The van der Waals surface area contributed by atoms with Crippen molar-refractivity contribution in [3.63, 3.8) is 0 Å². The lowest BCUT2D eigenvalue weighted by Gasteiger charge is -2.09. The van der Waals surface area contributed by atoms with E-state index in [9.17, 15) is 0 Å². The molecule has 90 valence electrons. The zero-order valence-electron chi connectivity index (χ0n) is 9.86. The van der Waals surface area contributed by atoms with Crippen LogP contribution in [-0.4, -0.2) is 24.7 Å². The fraction of sp³-hybridized carbons (Fsp3) is 0.545. The van der Waals surface area contributed by atoms with Gasteiger partial charge in [0.25, 0.3) is 0 Å². The highest BCUT2D eigenvalue weighted by molar-refractivity contribution is 5.61. The van der Waals surface area contributed by atoms with E-state index in [2.05, 4.69) is 24.1 Å². The normalized spacial score (nSPS) is 10.7. The molecular weight excluding hydrogens is 204 g/mol. The second-order valence-electron chi connectivity index (χ2n) is 4.07. The fourth-order valence-corrected chi connectivity index (χ4v) is 1.15. The van der Waals surface area contributed by atoms with E-state index < -0.39 is 0 Å². The van der Waals surface area contributed by atoms with Gasteiger partial charge in [-0.2, -0.15) is 0 Å². The van der Waals surface area contributed by atoms with Crippen LogP contribution in [0.15, 0.2) is 12.1 Å². The van der Waals surface area contributed by atoms with Crippen molar-refractivity contribution in [2.45, 2.75) is 13.8 Å². The Balaban J connectivity index is 2.24. The van der Waals surface area contributed by atoms with Gasteiger partial charge in [0.15, 0.2) is 0 Å². The van der Waals surface area contributed by atoms with Crippen LogP contribution in [0.3, 0.4) is 0 Å². The van der Waals surface area contributed by atoms with Crippen molar-refractivity contribution >= 4 is 17.3 Å². The van der Waals surface area contributed by atoms with Crippen LogP contribution in [0.5, 0.6) is 0 Å². The Morgan fingerprint density at radius 1 is 1.38 bits per heavy atom. The standard InChI is InChI=1S/C11H20N4O/c1-8(2)7-16-6-5-14-10-4-3-9(12)11(13)15-10/h3-4,8H,5-7,12H2,1-2H3,(H3,13,14,15). The number of anilines is 3. The van der Waals surface area contributed by atoms with Crippen molar-refractivity contribution < 1.29 is 4.74 Å². The highest BCUT2D eigenvalue weighted by atomic mass is 16.5. The first-order valence-corrected chi connectivity index (χ1v) is 5.43. The van der Waals surface area contributed by atoms with Crippen molar-refractivity contribution in [1.29, 1.82) is 0 Å². The first-order chi connectivity index (χ1) is 7.59. The van der Waals surface area contributed by atoms with Gasteiger partial charge in [0.05, 0.1) is 12.3 Å². The van der Waals surface area contributed by atoms with Crippen LogP contribution in [-0.2, 0) is 4.74 Å². The van der Waals surface area contributed by atoms with Gasteiger partial charge in [-0.25, -0.2) is 4.98 Å². The van der Waals surface area contributed by atoms with E-state index in [1.807, 2.05) is 0 Å². The van der Waals surface area contributed by atoms with E-state index >= 15 is 0 Å². The summed E-state index contributed by atoms with van der Waals surface area (Å²) >= 11 is 0. The predicted molar refractivity (Wildman–Crippen MR) is 67.2 cm³/mol. The molecule has 0 aliphatic carbocycles. The number of nitrogens with two attached hydrogens (primary N) is 2. The van der Waals surface area contributed by atoms with E-state index in [1.54, 1.807) is 12.1 Å². The van der Waals surface area contributed by atoms with Crippen LogP contribution in [0.4, 0.5) is 17.3 Å². The van der Waals surface area contributed by atoms with E-state index in [-0.39, 0.29) is 0 Å². The van der Waals surface area contributed by atoms with Gasteiger partial charge in [-0.15, -0.1) is 0 Å². The topological polar surface area (TPSA) is 86.2 Å². The van der Waals surface area contributed by atoms with Crippen molar-refractivity contribution in [3.05, 3.63) is 12.1 Å². The van der Waals surface area contributed by atoms with Crippen molar-refractivity contribution in [3.8, 4) is 0 Å². The number of hydrogen-bond donors (Lipinski definition) is 3. The second kappa shape index (κ2) is 6.17. The highest BCUT2D eigenvalue weighted by Crippen LogP contribution is 2.14. The van der Waals surface area contributed by atoms with Crippen LogP contribution in [0.25, 0.3) is 0 Å². The van der Waals surface area contributed by atoms with Crippen LogP contribution >= 0.6 is 0 Å². The molecule has 0 saturated carbocycles. The van der Waals surface area contributed by atoms with Gasteiger partial charge >= 0.3 is 0 Å². The largest absolute Gasteiger partial charge is 0.396 e. The molecule has 1 heterocycles. The van der Waals surface area contributed by atoms with Gasteiger partial charge in [0, 0.05) is 13.2 Å². The summed E-state index contributed by atoms with van der Waals surface area (Å²) < 4.78 is 5.42. The Hall–Kier alpha value is -1.49. The molecule has 16 heavy (non-hydrogen) atoms. The summed E-state index contributed by atoms with van der Waals surface area (Å²) in [6.45, 7) is 6.39. The zero-order valence-corrected chi connectivity index (χ0v) is 9.86. The van der Waals surface area contributed by atoms with Gasteiger partial charge in [0.2, 0.25) is 0 Å². The summed E-state index contributed by atoms with van der Waals surface area (Å²) in [4.78, 5) is 4.09. The fourth-order valence-electron chi connectivity index (χ4n) is 1.15. The second-order valence-corrected chi connectivity index (χ2v) is 4.07. The average molecular weight is 224 g/mol. The maximum atomic E-state index is 5.58. The summed E-state index contributed by atoms with van der Waals surface area (Å²) in [7, 11) is 0. The predicted octanol–water partition coefficient (Wildman–Crippen LogP) is 1.33. The van der Waals surface area contributed by atoms with Gasteiger partial charge < -0.3 is 21.5 Å². The molecule has 0 spiro atoms. The van der Waals surface area contributed by atoms with Gasteiger partial charge in [-0.3, -0.25) is 0 Å². The molecule has 0 saturated heterocycles. The third kappa shape index (κ3) is 4.35. The summed E-state index contributed by atoms with van der Waals surface area (Å²) in [6, 6.07) is 3.54. The summed E-state index contributed by atoms with van der Waals surface area (Å²) in [5, 5.41) is 3.11. The Morgan fingerprint density at radius 3 is 2.75 bits per heavy atom. The number of nitrogens with one attached hydrogen (secondary N) is 1. The van der Waals surface area contributed by atoms with E-state index in [1.165, 1.54) is 0 Å². The minimum absolute atomic E-state index is 0.355. The minimum atomic E-state index is 0.355. The van der Waals surface area contributed by atoms with Gasteiger partial charge in [-0.05, 0) is 18.1 Å². The third-order valence-electron chi connectivity index (χ3n) is 1.96. The summed E-state index contributed by atoms with van der Waals surface area (Å²) in [6.07, 6.45) is 0. The first kappa shape index (κ1) is 12.6. The Morgan fingerprint density at radius 2 is 2.12 bits per heavy atom. The molecule has 0 atom stereocenters. The van der Waals surface area contributed by atoms with Gasteiger partial charge in [-0.1, -0.05) is 13.8 Å². The maximum Gasteiger partial charge on any atom is 0.149 e. The number of ether oxygens (including phenoxy) is 1. The lowest BCUT2D eigenvalue weighted by Crippen LogP contribution is -2.13. The Kier molecular flexibility index (Phi) is 4.85. The summed E-state index contributed by atoms with van der Waals surface area (Å²) in [5.41, 5.74) is 11.6. The molecule has 1 aromatic rings. The molecule has 1 aromatic heterocycles. The number of nitrogen functional groups attached to an aromatic ring is 2. The minimum Gasteiger partial charge on any atom is -0.396 e. The molecule has 5 nitrogen and oxygen atoms in total. The number of nitrogens with zero attached hydrogens (tertiary/aromatic N) is 1. The molecule has 5 N–H and O–H groups in total. The maximum absolute atomic E-state index is 5.58. The van der Waals surface area contributed by atoms with Crippen molar-refractivity contribution in [1.82, 2.24) is 4.98 Å². The number of rotatable bonds is 6. The molecule has 1 rings (SSSR count). The van der Waals surface area contributed by atoms with Crippen LogP contribution in [0.1, 0.15) is 13.8 Å². The summed E-state index contributed by atoms with van der Waals surface area (Å²) in [5.74, 6) is 1.64. The van der Waals surface area contributed by atoms with E-state index in [4.69, 9.17) is 16.2 Å². The number of hydrogen-bond acceptors (Lipinski definition) is 5. The first-order valence-electron chi connectivity index (χ1n) is 5.43. The van der Waals surface area contributed by atoms with Crippen LogP contribution < -0.4 is 16.8 Å². The SMILES string of the molecule is CC(C)COCCNc1ccc(N)c(N)n1. The average Bonchev–Trinajstić information content (AvgIpc) is 2.22. The molecule has 0 fully saturated rings. The molecule has 0 aromatic carbocycles. The van der Waals surface area contributed by atoms with E-state index in [0.717, 1.165) is 12.4 Å². The van der Waals surface area contributed by atoms with Crippen LogP contribution in [0.2, 0.25) is 0 Å². The Bertz CT molecular complexity index is 328. The van der Waals surface area contributed by atoms with Crippen molar-refractivity contribution in [2.75, 3.05) is 36.5 Å². The lowest BCUT2D eigenvalue weighted by atomic mass is 10.2. The zero-order chi connectivity index (χ0) is 12.0. The molecular formula is C11H20N4O. The lowest BCUT2D eigenvalue weighted by molar-refractivity contribution is 0.118. The smallest absolute Gasteiger partial charge is 0.149 e. The highest BCUT2D eigenvalue weighted by Gasteiger charge is 1.98. The quantitative estimate of drug-likeness (QED) is 0.635. The van der Waals surface area contributed by atoms with E-state index in [0.29, 0.717) is 30.6 Å². The third-order valence-corrected chi connectivity index (χ3v) is 1.96. The molecule has 0 unspecified atom stereocenters. The molecule has 0 aliphatic rings. The van der Waals surface area contributed by atoms with Gasteiger partial charge in [0.1, 0.15) is 11.6 Å². The number of pyridine rings is 1. The molecule has 5 heteroatoms. The molecule has 0 bridgehead atoms. The molecule has 0 radical (unpaired) electrons.